The molecule has 3 rings (SSSR count). The molecule has 5 heteroatoms. The molecule has 0 N–H and O–H groups in total. The van der Waals surface area contributed by atoms with E-state index in [0.717, 1.165) is 16.9 Å². The van der Waals surface area contributed by atoms with E-state index in [1.807, 2.05) is 13.2 Å². The number of anilines is 1. The average molecular weight is 281 g/mol. The maximum atomic E-state index is 4.46. The van der Waals surface area contributed by atoms with E-state index in [2.05, 4.69) is 65.1 Å². The summed E-state index contributed by atoms with van der Waals surface area (Å²) in [6.07, 6.45) is 3.42. The summed E-state index contributed by atoms with van der Waals surface area (Å²) in [7, 11) is 3.95. The Morgan fingerprint density at radius 1 is 1.19 bits per heavy atom. The lowest BCUT2D eigenvalue weighted by Gasteiger charge is -2.27. The summed E-state index contributed by atoms with van der Waals surface area (Å²) in [6.45, 7) is 4.33. The van der Waals surface area contributed by atoms with Crippen molar-refractivity contribution < 1.29 is 0 Å². The van der Waals surface area contributed by atoms with Crippen LogP contribution in [-0.2, 0) is 7.05 Å². The van der Waals surface area contributed by atoms with Crippen LogP contribution in [0.3, 0.4) is 0 Å². The molecule has 0 saturated carbocycles. The molecule has 21 heavy (non-hydrogen) atoms. The van der Waals surface area contributed by atoms with E-state index in [0.29, 0.717) is 0 Å². The molecule has 0 spiro atoms. The summed E-state index contributed by atoms with van der Waals surface area (Å²) in [5.74, 6) is 0.906. The zero-order valence-electron chi connectivity index (χ0n) is 12.8. The normalized spacial score (nSPS) is 12.6. The van der Waals surface area contributed by atoms with Crippen LogP contribution in [-0.4, -0.2) is 26.8 Å². The van der Waals surface area contributed by atoms with Gasteiger partial charge in [0.1, 0.15) is 12.1 Å². The van der Waals surface area contributed by atoms with E-state index < -0.39 is 0 Å². The molecule has 2 heterocycles. The Morgan fingerprint density at radius 2 is 1.95 bits per heavy atom. The summed E-state index contributed by atoms with van der Waals surface area (Å²) >= 11 is 0. The Morgan fingerprint density at radius 3 is 2.71 bits per heavy atom. The fourth-order valence-electron chi connectivity index (χ4n) is 2.68. The number of nitrogens with zero attached hydrogens (tertiary/aromatic N) is 5. The molecular weight excluding hydrogens is 262 g/mol. The smallest absolute Gasteiger partial charge is 0.163 e. The van der Waals surface area contributed by atoms with Gasteiger partial charge in [-0.2, -0.15) is 5.10 Å². The number of aromatic nitrogens is 4. The number of hydrogen-bond acceptors (Lipinski definition) is 4. The van der Waals surface area contributed by atoms with Gasteiger partial charge in [-0.3, -0.25) is 4.68 Å². The van der Waals surface area contributed by atoms with Crippen LogP contribution in [0, 0.1) is 6.92 Å². The maximum absolute atomic E-state index is 4.46. The molecule has 0 aliphatic rings. The van der Waals surface area contributed by atoms with Crippen molar-refractivity contribution in [1.82, 2.24) is 19.7 Å². The van der Waals surface area contributed by atoms with E-state index in [1.54, 1.807) is 11.0 Å². The second-order valence-electron chi connectivity index (χ2n) is 5.35. The van der Waals surface area contributed by atoms with E-state index in [9.17, 15) is 0 Å². The Kier molecular flexibility index (Phi) is 3.33. The average Bonchev–Trinajstić information content (AvgIpc) is 2.88. The highest BCUT2D eigenvalue weighted by atomic mass is 15.3. The minimum absolute atomic E-state index is 0.226. The van der Waals surface area contributed by atoms with E-state index in [-0.39, 0.29) is 6.04 Å². The lowest BCUT2D eigenvalue weighted by molar-refractivity contribution is 0.725. The highest BCUT2D eigenvalue weighted by Crippen LogP contribution is 2.29. The molecule has 0 amide bonds. The van der Waals surface area contributed by atoms with Crippen molar-refractivity contribution in [1.29, 1.82) is 0 Å². The zero-order valence-corrected chi connectivity index (χ0v) is 12.8. The van der Waals surface area contributed by atoms with Crippen LogP contribution in [0.15, 0.2) is 36.8 Å². The molecule has 0 aliphatic heterocycles. The molecule has 5 nitrogen and oxygen atoms in total. The van der Waals surface area contributed by atoms with Gasteiger partial charge in [0.05, 0.1) is 17.6 Å². The van der Waals surface area contributed by atoms with Crippen LogP contribution in [0.25, 0.3) is 11.0 Å². The number of rotatable bonds is 3. The van der Waals surface area contributed by atoms with Gasteiger partial charge in [0.15, 0.2) is 5.65 Å². The topological polar surface area (TPSA) is 46.8 Å². The van der Waals surface area contributed by atoms with Gasteiger partial charge in [-0.25, -0.2) is 9.97 Å². The van der Waals surface area contributed by atoms with Crippen LogP contribution in [0.5, 0.6) is 0 Å². The van der Waals surface area contributed by atoms with Crippen molar-refractivity contribution in [2.45, 2.75) is 19.9 Å². The molecule has 0 saturated heterocycles. The number of benzene rings is 1. The van der Waals surface area contributed by atoms with Gasteiger partial charge in [-0.05, 0) is 25.0 Å². The summed E-state index contributed by atoms with van der Waals surface area (Å²) in [4.78, 5) is 10.9. The highest BCUT2D eigenvalue weighted by molar-refractivity contribution is 5.86. The first-order chi connectivity index (χ1) is 10.1. The second-order valence-corrected chi connectivity index (χ2v) is 5.35. The van der Waals surface area contributed by atoms with E-state index in [4.69, 9.17) is 0 Å². The van der Waals surface area contributed by atoms with Gasteiger partial charge in [0, 0.05) is 14.1 Å². The largest absolute Gasteiger partial charge is 0.352 e. The monoisotopic (exact) mass is 281 g/mol. The van der Waals surface area contributed by atoms with Crippen molar-refractivity contribution in [3.63, 3.8) is 0 Å². The van der Waals surface area contributed by atoms with Crippen molar-refractivity contribution in [3.8, 4) is 0 Å². The summed E-state index contributed by atoms with van der Waals surface area (Å²) < 4.78 is 1.77. The molecule has 1 aromatic carbocycles. The van der Waals surface area contributed by atoms with Gasteiger partial charge in [0.2, 0.25) is 0 Å². The quantitative estimate of drug-likeness (QED) is 0.740. The summed E-state index contributed by atoms with van der Waals surface area (Å²) in [6, 6.07) is 8.67. The molecule has 0 fully saturated rings. The van der Waals surface area contributed by atoms with Crippen molar-refractivity contribution in [3.05, 3.63) is 47.9 Å². The zero-order chi connectivity index (χ0) is 15.0. The second kappa shape index (κ2) is 5.16. The van der Waals surface area contributed by atoms with Crippen LogP contribution < -0.4 is 4.90 Å². The van der Waals surface area contributed by atoms with Crippen molar-refractivity contribution in [2.75, 3.05) is 11.9 Å². The molecular formula is C16H19N5. The van der Waals surface area contributed by atoms with Gasteiger partial charge < -0.3 is 4.90 Å². The fourth-order valence-corrected chi connectivity index (χ4v) is 2.68. The number of fused-ring (bicyclic) bond motifs is 1. The molecule has 2 aromatic heterocycles. The van der Waals surface area contributed by atoms with Gasteiger partial charge in [-0.15, -0.1) is 0 Å². The molecule has 0 radical (unpaired) electrons. The van der Waals surface area contributed by atoms with E-state index >= 15 is 0 Å². The highest BCUT2D eigenvalue weighted by Gasteiger charge is 2.18. The summed E-state index contributed by atoms with van der Waals surface area (Å²) in [5, 5.41) is 5.25. The molecule has 3 aromatic rings. The molecule has 108 valence electrons. The molecule has 0 unspecified atom stereocenters. The predicted molar refractivity (Wildman–Crippen MR) is 84.3 cm³/mol. The predicted octanol–water partition coefficient (Wildman–Crippen LogP) is 2.87. The lowest BCUT2D eigenvalue weighted by Crippen LogP contribution is -2.23. The third kappa shape index (κ3) is 2.24. The minimum Gasteiger partial charge on any atom is -0.352 e. The molecule has 1 atom stereocenters. The van der Waals surface area contributed by atoms with Gasteiger partial charge in [-0.1, -0.05) is 24.3 Å². The van der Waals surface area contributed by atoms with Gasteiger partial charge in [0.25, 0.3) is 0 Å². The first-order valence-electron chi connectivity index (χ1n) is 7.00. The Balaban J connectivity index is 2.04. The third-order valence-corrected chi connectivity index (χ3v) is 4.06. The Hall–Kier alpha value is -2.43. The third-order valence-electron chi connectivity index (χ3n) is 4.06. The maximum Gasteiger partial charge on any atom is 0.163 e. The SMILES string of the molecule is Cc1ccccc1[C@H](C)N(C)c1ncnc2c1cnn2C. The first-order valence-corrected chi connectivity index (χ1v) is 7.00. The Bertz CT molecular complexity index is 777. The van der Waals surface area contributed by atoms with Crippen molar-refractivity contribution in [2.24, 2.45) is 7.05 Å². The lowest BCUT2D eigenvalue weighted by atomic mass is 10.0. The number of aryl methyl sites for hydroxylation is 2. The van der Waals surface area contributed by atoms with Crippen LogP contribution in [0.2, 0.25) is 0 Å². The first kappa shape index (κ1) is 13.5. The Labute approximate surface area is 124 Å². The van der Waals surface area contributed by atoms with Crippen molar-refractivity contribution >= 4 is 16.9 Å². The number of hydrogen-bond donors (Lipinski definition) is 0. The van der Waals surface area contributed by atoms with Crippen LogP contribution >= 0.6 is 0 Å². The standard InChI is InChI=1S/C16H19N5/c1-11-7-5-6-8-13(11)12(2)20(3)15-14-9-19-21(4)16(14)18-10-17-15/h5-10,12H,1-4H3/t12-/m0/s1. The fraction of sp³-hybridized carbons (Fsp3) is 0.312. The van der Waals surface area contributed by atoms with Crippen LogP contribution in [0.1, 0.15) is 24.1 Å². The summed E-state index contributed by atoms with van der Waals surface area (Å²) in [5.41, 5.74) is 3.44. The van der Waals surface area contributed by atoms with E-state index in [1.165, 1.54) is 11.1 Å². The van der Waals surface area contributed by atoms with Crippen LogP contribution in [0.4, 0.5) is 5.82 Å². The molecule has 0 aliphatic carbocycles. The minimum atomic E-state index is 0.226. The molecule has 0 bridgehead atoms. The van der Waals surface area contributed by atoms with Gasteiger partial charge >= 0.3 is 0 Å².